The zero-order chi connectivity index (χ0) is 25.8. The zero-order valence-electron chi connectivity index (χ0n) is 20.3. The first-order valence-electron chi connectivity index (χ1n) is 11.9. The Hall–Kier alpha value is -4.50. The van der Waals surface area contributed by atoms with Crippen LogP contribution in [0.5, 0.6) is 17.2 Å². The van der Waals surface area contributed by atoms with Crippen molar-refractivity contribution in [1.82, 2.24) is 10.0 Å². The fourth-order valence-electron chi connectivity index (χ4n) is 4.34. The van der Waals surface area contributed by atoms with E-state index < -0.39 is 5.91 Å². The van der Waals surface area contributed by atoms with Crippen LogP contribution in [-0.4, -0.2) is 35.0 Å². The van der Waals surface area contributed by atoms with Crippen LogP contribution in [0.25, 0.3) is 10.9 Å². The molecule has 1 aliphatic heterocycles. The van der Waals surface area contributed by atoms with E-state index in [1.807, 2.05) is 66.2 Å². The number of anilines is 1. The van der Waals surface area contributed by atoms with Gasteiger partial charge in [0.2, 0.25) is 12.7 Å². The highest BCUT2D eigenvalue weighted by molar-refractivity contribution is 6.13. The van der Waals surface area contributed by atoms with Crippen molar-refractivity contribution in [2.45, 2.75) is 19.9 Å². The van der Waals surface area contributed by atoms with Crippen LogP contribution in [0.3, 0.4) is 0 Å². The fourth-order valence-corrected chi connectivity index (χ4v) is 4.34. The van der Waals surface area contributed by atoms with Crippen molar-refractivity contribution in [3.05, 3.63) is 84.1 Å². The molecule has 1 atom stereocenters. The Morgan fingerprint density at radius 1 is 1.05 bits per heavy atom. The van der Waals surface area contributed by atoms with Gasteiger partial charge in [-0.3, -0.25) is 14.8 Å². The second-order valence-corrected chi connectivity index (χ2v) is 8.97. The smallest absolute Gasteiger partial charge is 0.257 e. The van der Waals surface area contributed by atoms with Gasteiger partial charge in [-0.1, -0.05) is 43.3 Å². The van der Waals surface area contributed by atoms with E-state index in [2.05, 4.69) is 5.32 Å². The van der Waals surface area contributed by atoms with Crippen LogP contribution < -0.4 is 25.0 Å². The third-order valence-electron chi connectivity index (χ3n) is 6.16. The van der Waals surface area contributed by atoms with Gasteiger partial charge in [0.1, 0.15) is 5.75 Å². The lowest BCUT2D eigenvalue weighted by atomic mass is 10.1. The van der Waals surface area contributed by atoms with E-state index in [0.29, 0.717) is 41.7 Å². The van der Waals surface area contributed by atoms with Crippen LogP contribution in [0, 0.1) is 5.92 Å². The molecule has 0 spiro atoms. The van der Waals surface area contributed by atoms with E-state index in [9.17, 15) is 9.59 Å². The monoisotopic (exact) mass is 501 g/mol. The highest BCUT2D eigenvalue weighted by Crippen LogP contribution is 2.34. The number of nitrogens with one attached hydrogen (secondary N) is 2. The summed E-state index contributed by atoms with van der Waals surface area (Å²) in [4.78, 5) is 24.7. The van der Waals surface area contributed by atoms with Crippen molar-refractivity contribution >= 4 is 28.4 Å². The number of fused-ring (bicyclic) bond motifs is 2. The molecule has 1 aromatic heterocycles. The number of carbonyl (C=O) groups excluding carboxylic acids is 2. The minimum Gasteiger partial charge on any atom is -0.493 e. The molecule has 4 aromatic rings. The summed E-state index contributed by atoms with van der Waals surface area (Å²) in [6.07, 6.45) is 2.00. The Morgan fingerprint density at radius 3 is 2.70 bits per heavy atom. The van der Waals surface area contributed by atoms with E-state index >= 15 is 0 Å². The maximum atomic E-state index is 13.3. The quantitative estimate of drug-likeness (QED) is 0.229. The number of carbonyl (C=O) groups is 2. The topological polar surface area (TPSA) is 111 Å². The molecule has 0 bridgehead atoms. The number of hydroxylamine groups is 1. The van der Waals surface area contributed by atoms with Crippen LogP contribution in [0.1, 0.15) is 29.3 Å². The zero-order valence-corrected chi connectivity index (χ0v) is 20.3. The predicted octanol–water partition coefficient (Wildman–Crippen LogP) is 4.58. The van der Waals surface area contributed by atoms with Gasteiger partial charge in [0.25, 0.3) is 5.91 Å². The molecule has 0 aliphatic carbocycles. The van der Waals surface area contributed by atoms with Crippen LogP contribution >= 0.6 is 0 Å². The molecule has 3 N–H and O–H groups in total. The number of ether oxygens (including phenoxy) is 3. The summed E-state index contributed by atoms with van der Waals surface area (Å²) < 4.78 is 18.8. The summed E-state index contributed by atoms with van der Waals surface area (Å²) in [5.41, 5.74) is 4.67. The first-order valence-corrected chi connectivity index (χ1v) is 11.9. The summed E-state index contributed by atoms with van der Waals surface area (Å²) in [6.45, 7) is 2.85. The Morgan fingerprint density at radius 2 is 1.84 bits per heavy atom. The van der Waals surface area contributed by atoms with Gasteiger partial charge < -0.3 is 24.1 Å². The largest absolute Gasteiger partial charge is 0.493 e. The highest BCUT2D eigenvalue weighted by atomic mass is 16.7. The second-order valence-electron chi connectivity index (χ2n) is 8.97. The van der Waals surface area contributed by atoms with Crippen molar-refractivity contribution in [3.63, 3.8) is 0 Å². The minimum absolute atomic E-state index is 0.0842. The molecule has 0 fully saturated rings. The molecule has 5 rings (SSSR count). The highest BCUT2D eigenvalue weighted by Gasteiger charge is 2.19. The molecule has 0 saturated heterocycles. The molecule has 1 aliphatic rings. The number of aromatic nitrogens is 1. The standard InChI is InChI=1S/C28H27N3O6/c1-18(12-27(32)30-34)16-35-24-9-5-2-6-19(24)14-31-15-22(21-7-3-4-8-23(21)31)28(33)29-20-10-11-25-26(13-20)37-17-36-25/h2-11,13,15,18,34H,12,14,16-17H2,1H3,(H,29,33)(H,30,32). The van der Waals surface area contributed by atoms with Crippen molar-refractivity contribution in [2.24, 2.45) is 5.92 Å². The third kappa shape index (κ3) is 5.36. The number of hydrogen-bond donors (Lipinski definition) is 3. The molecule has 0 radical (unpaired) electrons. The number of nitrogens with zero attached hydrogens (tertiary/aromatic N) is 1. The number of amides is 2. The van der Waals surface area contributed by atoms with Gasteiger partial charge in [-0.2, -0.15) is 0 Å². The van der Waals surface area contributed by atoms with E-state index in [1.165, 1.54) is 0 Å². The first-order chi connectivity index (χ1) is 18.0. The van der Waals surface area contributed by atoms with Crippen molar-refractivity contribution in [3.8, 4) is 17.2 Å². The summed E-state index contributed by atoms with van der Waals surface area (Å²) in [7, 11) is 0. The van der Waals surface area contributed by atoms with Gasteiger partial charge in [0, 0.05) is 40.8 Å². The van der Waals surface area contributed by atoms with E-state index in [-0.39, 0.29) is 25.0 Å². The summed E-state index contributed by atoms with van der Waals surface area (Å²) in [6, 6.07) is 20.7. The van der Waals surface area contributed by atoms with Gasteiger partial charge >= 0.3 is 0 Å². The number of hydrogen-bond acceptors (Lipinski definition) is 6. The number of benzene rings is 3. The van der Waals surface area contributed by atoms with Crippen LogP contribution in [-0.2, 0) is 11.3 Å². The van der Waals surface area contributed by atoms with Gasteiger partial charge in [-0.15, -0.1) is 0 Å². The SMILES string of the molecule is CC(COc1ccccc1Cn1cc(C(=O)Nc2ccc3c(c2)OCO3)c2ccccc21)CC(=O)NO. The average molecular weight is 502 g/mol. The van der Waals surface area contributed by atoms with Gasteiger partial charge in [0.05, 0.1) is 18.7 Å². The van der Waals surface area contributed by atoms with Gasteiger partial charge in [0.15, 0.2) is 11.5 Å². The molecule has 1 unspecified atom stereocenters. The molecule has 190 valence electrons. The average Bonchev–Trinajstić information content (AvgIpc) is 3.53. The molecular weight excluding hydrogens is 474 g/mol. The lowest BCUT2D eigenvalue weighted by molar-refractivity contribution is -0.130. The molecule has 2 amide bonds. The van der Waals surface area contributed by atoms with Crippen molar-refractivity contribution < 1.29 is 29.0 Å². The molecule has 3 aromatic carbocycles. The number of rotatable bonds is 9. The normalized spacial score (nSPS) is 12.8. The van der Waals surface area contributed by atoms with Gasteiger partial charge in [-0.25, -0.2) is 5.48 Å². The Balaban J connectivity index is 1.36. The minimum atomic E-state index is -0.449. The summed E-state index contributed by atoms with van der Waals surface area (Å²) in [5, 5.41) is 12.5. The Kier molecular flexibility index (Phi) is 6.96. The maximum absolute atomic E-state index is 13.3. The maximum Gasteiger partial charge on any atom is 0.257 e. The summed E-state index contributed by atoms with van der Waals surface area (Å²) >= 11 is 0. The van der Waals surface area contributed by atoms with E-state index in [0.717, 1.165) is 16.5 Å². The Labute approximate surface area is 213 Å². The fraction of sp³-hybridized carbons (Fsp3) is 0.214. The van der Waals surface area contributed by atoms with E-state index in [4.69, 9.17) is 19.4 Å². The second kappa shape index (κ2) is 10.6. The first kappa shape index (κ1) is 24.2. The lowest BCUT2D eigenvalue weighted by Crippen LogP contribution is -2.23. The van der Waals surface area contributed by atoms with Crippen LogP contribution in [0.4, 0.5) is 5.69 Å². The summed E-state index contributed by atoms with van der Waals surface area (Å²) in [5.74, 6) is 1.19. The molecular formula is C28H27N3O6. The third-order valence-corrected chi connectivity index (χ3v) is 6.16. The van der Waals surface area contributed by atoms with Crippen molar-refractivity contribution in [2.75, 3.05) is 18.7 Å². The number of para-hydroxylation sites is 2. The molecule has 9 heteroatoms. The molecule has 0 saturated carbocycles. The lowest BCUT2D eigenvalue weighted by Gasteiger charge is -2.16. The van der Waals surface area contributed by atoms with E-state index in [1.54, 1.807) is 23.7 Å². The molecule has 9 nitrogen and oxygen atoms in total. The van der Waals surface area contributed by atoms with Gasteiger partial charge in [-0.05, 0) is 30.2 Å². The Bertz CT molecular complexity index is 1450. The van der Waals surface area contributed by atoms with Crippen LogP contribution in [0.15, 0.2) is 72.9 Å². The van der Waals surface area contributed by atoms with Crippen LogP contribution in [0.2, 0.25) is 0 Å². The molecule has 37 heavy (non-hydrogen) atoms. The molecule has 2 heterocycles. The van der Waals surface area contributed by atoms with Crippen molar-refractivity contribution in [1.29, 1.82) is 0 Å². The predicted molar refractivity (Wildman–Crippen MR) is 137 cm³/mol.